The number of hydrogen-bond donors (Lipinski definition) is 2. The Hall–Kier alpha value is -2.65. The van der Waals surface area contributed by atoms with E-state index in [1.54, 1.807) is 12.0 Å². The third kappa shape index (κ3) is 6.41. The van der Waals surface area contributed by atoms with E-state index in [2.05, 4.69) is 5.32 Å². The molecule has 0 saturated carbocycles. The normalized spacial score (nSPS) is 18.2. The van der Waals surface area contributed by atoms with Crippen LogP contribution >= 0.6 is 0 Å². The van der Waals surface area contributed by atoms with E-state index in [4.69, 9.17) is 15.2 Å². The molecule has 1 saturated heterocycles. The van der Waals surface area contributed by atoms with Crippen molar-refractivity contribution in [1.29, 1.82) is 0 Å². The fraction of sp³-hybridized carbons (Fsp3) is 0.591. The molecule has 0 aliphatic carbocycles. The second-order valence-corrected chi connectivity index (χ2v) is 7.94. The van der Waals surface area contributed by atoms with Crippen molar-refractivity contribution < 1.29 is 23.9 Å². The number of nitrogens with one attached hydrogen (secondary N) is 1. The minimum atomic E-state index is -0.674. The van der Waals surface area contributed by atoms with Crippen molar-refractivity contribution in [3.63, 3.8) is 0 Å². The summed E-state index contributed by atoms with van der Waals surface area (Å²) in [5.41, 5.74) is 6.41. The molecule has 1 aliphatic rings. The molecule has 2 unspecified atom stereocenters. The second-order valence-electron chi connectivity index (χ2n) is 7.94. The average molecular weight is 435 g/mol. The van der Waals surface area contributed by atoms with Crippen LogP contribution in [-0.4, -0.2) is 80.1 Å². The maximum atomic E-state index is 13.1. The van der Waals surface area contributed by atoms with Gasteiger partial charge in [-0.05, 0) is 24.1 Å². The second kappa shape index (κ2) is 11.7. The number of ether oxygens (including phenoxy) is 2. The number of carbonyl (C=O) groups excluding carboxylic acids is 3. The van der Waals surface area contributed by atoms with Crippen LogP contribution in [0.4, 0.5) is 0 Å². The summed E-state index contributed by atoms with van der Waals surface area (Å²) in [6, 6.07) is 6.56. The highest BCUT2D eigenvalue weighted by molar-refractivity contribution is 5.89. The van der Waals surface area contributed by atoms with E-state index < -0.39 is 6.04 Å². The number of methoxy groups -OCH3 is 2. The van der Waals surface area contributed by atoms with E-state index in [1.807, 2.05) is 38.1 Å². The Morgan fingerprint density at radius 3 is 2.65 bits per heavy atom. The average Bonchev–Trinajstić information content (AvgIpc) is 3.21. The van der Waals surface area contributed by atoms with Crippen LogP contribution in [0.3, 0.4) is 0 Å². The van der Waals surface area contributed by atoms with E-state index in [1.165, 1.54) is 12.0 Å². The Kier molecular flexibility index (Phi) is 9.26. The molecule has 172 valence electrons. The minimum absolute atomic E-state index is 0.0324. The number of carbonyl (C=O) groups is 3. The Morgan fingerprint density at radius 2 is 2.03 bits per heavy atom. The Morgan fingerprint density at radius 1 is 1.29 bits per heavy atom. The molecule has 0 spiro atoms. The number of amides is 3. The molecule has 0 radical (unpaired) electrons. The molecule has 31 heavy (non-hydrogen) atoms. The van der Waals surface area contributed by atoms with Crippen LogP contribution in [0, 0.1) is 5.92 Å². The summed E-state index contributed by atoms with van der Waals surface area (Å²) in [7, 11) is 3.03. The standard InChI is InChI=1S/C22H34N4O5/c1-15(2)22(29)25(12-16-6-5-7-18(10-16)31-4)17-11-19(21(28)24-9-8-23)26(13-17)20(27)14-30-3/h5-7,10,15,17,19H,8-9,11-14,23H2,1-4H3,(H,24,28). The Labute approximate surface area is 183 Å². The van der Waals surface area contributed by atoms with E-state index >= 15 is 0 Å². The molecule has 2 atom stereocenters. The predicted molar refractivity (Wildman–Crippen MR) is 116 cm³/mol. The minimum Gasteiger partial charge on any atom is -0.497 e. The summed E-state index contributed by atoms with van der Waals surface area (Å²) in [6.07, 6.45) is 0.355. The number of rotatable bonds is 10. The molecule has 9 heteroatoms. The third-order valence-electron chi connectivity index (χ3n) is 5.32. The van der Waals surface area contributed by atoms with Crippen molar-refractivity contribution in [1.82, 2.24) is 15.1 Å². The van der Waals surface area contributed by atoms with Gasteiger partial charge in [-0.3, -0.25) is 14.4 Å². The molecule has 1 aromatic carbocycles. The number of likely N-dealkylation sites (tertiary alicyclic amines) is 1. The zero-order valence-electron chi connectivity index (χ0n) is 18.8. The number of nitrogens with two attached hydrogens (primary N) is 1. The third-order valence-corrected chi connectivity index (χ3v) is 5.32. The topological polar surface area (TPSA) is 114 Å². The Bertz CT molecular complexity index is 770. The van der Waals surface area contributed by atoms with Gasteiger partial charge in [-0.25, -0.2) is 0 Å². The first-order valence-corrected chi connectivity index (χ1v) is 10.5. The SMILES string of the molecule is COCC(=O)N1CC(N(Cc2cccc(OC)c2)C(=O)C(C)C)CC1C(=O)NCCN. The molecule has 1 heterocycles. The highest BCUT2D eigenvalue weighted by Gasteiger charge is 2.43. The molecule has 0 aromatic heterocycles. The van der Waals surface area contributed by atoms with E-state index in [0.29, 0.717) is 31.8 Å². The van der Waals surface area contributed by atoms with Gasteiger partial charge >= 0.3 is 0 Å². The predicted octanol–water partition coefficient (Wildman–Crippen LogP) is 0.371. The van der Waals surface area contributed by atoms with Gasteiger partial charge in [-0.2, -0.15) is 0 Å². The lowest BCUT2D eigenvalue weighted by Gasteiger charge is -2.31. The van der Waals surface area contributed by atoms with Gasteiger partial charge in [-0.1, -0.05) is 26.0 Å². The molecule has 3 N–H and O–H groups in total. The largest absolute Gasteiger partial charge is 0.497 e. The van der Waals surface area contributed by atoms with Crippen LogP contribution < -0.4 is 15.8 Å². The molecule has 1 aromatic rings. The first kappa shape index (κ1) is 24.6. The number of benzene rings is 1. The van der Waals surface area contributed by atoms with Crippen molar-refractivity contribution in [3.8, 4) is 5.75 Å². The molecule has 2 rings (SSSR count). The zero-order chi connectivity index (χ0) is 23.0. The van der Waals surface area contributed by atoms with Gasteiger partial charge in [0.2, 0.25) is 17.7 Å². The zero-order valence-corrected chi connectivity index (χ0v) is 18.8. The molecule has 9 nitrogen and oxygen atoms in total. The van der Waals surface area contributed by atoms with Crippen LogP contribution in [0.5, 0.6) is 5.75 Å². The van der Waals surface area contributed by atoms with Gasteiger partial charge in [-0.15, -0.1) is 0 Å². The van der Waals surface area contributed by atoms with Crippen molar-refractivity contribution >= 4 is 17.7 Å². The lowest BCUT2D eigenvalue weighted by molar-refractivity contribution is -0.141. The van der Waals surface area contributed by atoms with Crippen LogP contribution in [0.25, 0.3) is 0 Å². The summed E-state index contributed by atoms with van der Waals surface area (Å²) in [5, 5.41) is 2.76. The van der Waals surface area contributed by atoms with Gasteiger partial charge < -0.3 is 30.3 Å². The molecular formula is C22H34N4O5. The van der Waals surface area contributed by atoms with Gasteiger partial charge in [0.05, 0.1) is 13.2 Å². The smallest absolute Gasteiger partial charge is 0.249 e. The van der Waals surface area contributed by atoms with Gasteiger partial charge in [0.25, 0.3) is 0 Å². The van der Waals surface area contributed by atoms with E-state index in [9.17, 15) is 14.4 Å². The van der Waals surface area contributed by atoms with Crippen molar-refractivity contribution in [2.75, 3.05) is 40.5 Å². The van der Waals surface area contributed by atoms with Crippen LogP contribution in [-0.2, 0) is 25.7 Å². The lowest BCUT2D eigenvalue weighted by atomic mass is 10.1. The van der Waals surface area contributed by atoms with Crippen molar-refractivity contribution in [2.24, 2.45) is 11.7 Å². The van der Waals surface area contributed by atoms with Crippen molar-refractivity contribution in [2.45, 2.75) is 38.9 Å². The summed E-state index contributed by atoms with van der Waals surface area (Å²) < 4.78 is 10.3. The maximum Gasteiger partial charge on any atom is 0.249 e. The molecule has 1 fully saturated rings. The quantitative estimate of drug-likeness (QED) is 0.550. The first-order valence-electron chi connectivity index (χ1n) is 10.5. The first-order chi connectivity index (χ1) is 14.8. The highest BCUT2D eigenvalue weighted by Crippen LogP contribution is 2.26. The van der Waals surface area contributed by atoms with Crippen LogP contribution in [0.1, 0.15) is 25.8 Å². The lowest BCUT2D eigenvalue weighted by Crippen LogP contribution is -2.48. The van der Waals surface area contributed by atoms with Gasteiger partial charge in [0, 0.05) is 39.2 Å². The summed E-state index contributed by atoms with van der Waals surface area (Å²) in [4.78, 5) is 41.7. The molecule has 3 amide bonds. The number of hydrogen-bond acceptors (Lipinski definition) is 6. The van der Waals surface area contributed by atoms with Gasteiger partial charge in [0.15, 0.2) is 0 Å². The Balaban J connectivity index is 2.30. The summed E-state index contributed by atoms with van der Waals surface area (Å²) >= 11 is 0. The van der Waals surface area contributed by atoms with Gasteiger partial charge in [0.1, 0.15) is 18.4 Å². The molecule has 0 bridgehead atoms. The fourth-order valence-corrected chi connectivity index (χ4v) is 3.77. The monoisotopic (exact) mass is 434 g/mol. The van der Waals surface area contributed by atoms with Crippen LogP contribution in [0.15, 0.2) is 24.3 Å². The highest BCUT2D eigenvalue weighted by atomic mass is 16.5. The molecular weight excluding hydrogens is 400 g/mol. The number of nitrogens with zero attached hydrogens (tertiary/aromatic N) is 2. The van der Waals surface area contributed by atoms with E-state index in [0.717, 1.165) is 5.56 Å². The maximum absolute atomic E-state index is 13.1. The van der Waals surface area contributed by atoms with Crippen LogP contribution in [0.2, 0.25) is 0 Å². The van der Waals surface area contributed by atoms with E-state index in [-0.39, 0.29) is 42.8 Å². The van der Waals surface area contributed by atoms with Crippen molar-refractivity contribution in [3.05, 3.63) is 29.8 Å². The summed E-state index contributed by atoms with van der Waals surface area (Å²) in [6.45, 7) is 4.83. The fourth-order valence-electron chi connectivity index (χ4n) is 3.77. The molecule has 1 aliphatic heterocycles. The summed E-state index contributed by atoms with van der Waals surface area (Å²) in [5.74, 6) is -0.0995.